The van der Waals surface area contributed by atoms with Crippen molar-refractivity contribution in [1.29, 1.82) is 0 Å². The van der Waals surface area contributed by atoms with Gasteiger partial charge in [-0.15, -0.1) is 11.3 Å². The average molecular weight is 237 g/mol. The summed E-state index contributed by atoms with van der Waals surface area (Å²) in [5, 5.41) is 6.94. The van der Waals surface area contributed by atoms with E-state index in [1.165, 1.54) is 50.4 Å². The van der Waals surface area contributed by atoms with Crippen LogP contribution in [0.4, 0.5) is 5.13 Å². The van der Waals surface area contributed by atoms with E-state index >= 15 is 0 Å². The van der Waals surface area contributed by atoms with Crippen LogP contribution < -0.4 is 10.2 Å². The Kier molecular flexibility index (Phi) is 3.11. The molecule has 2 aliphatic heterocycles. The molecule has 2 atom stereocenters. The number of nitrogens with zero attached hydrogens (tertiary/aromatic N) is 2. The Bertz CT molecular complexity index is 319. The van der Waals surface area contributed by atoms with E-state index < -0.39 is 0 Å². The van der Waals surface area contributed by atoms with Gasteiger partial charge < -0.3 is 10.2 Å². The monoisotopic (exact) mass is 237 g/mol. The highest BCUT2D eigenvalue weighted by atomic mass is 32.1. The van der Waals surface area contributed by atoms with Gasteiger partial charge in [0.1, 0.15) is 0 Å². The summed E-state index contributed by atoms with van der Waals surface area (Å²) in [6.45, 7) is 3.61. The molecule has 1 aromatic heterocycles. The summed E-state index contributed by atoms with van der Waals surface area (Å²) in [6.07, 6.45) is 7.36. The minimum atomic E-state index is 0.766. The second-order valence-electron chi connectivity index (χ2n) is 4.87. The van der Waals surface area contributed by atoms with E-state index in [-0.39, 0.29) is 0 Å². The molecule has 1 N–H and O–H groups in total. The third-order valence-electron chi connectivity index (χ3n) is 3.82. The number of rotatable bonds is 2. The standard InChI is InChI=1S/C12H19N3S/c1-4-11(13-5-1)10-3-2-7-15(9-10)12-14-6-8-16-12/h6,8,10-11,13H,1-5,7,9H2. The van der Waals surface area contributed by atoms with Crippen LogP contribution in [0.5, 0.6) is 0 Å². The van der Waals surface area contributed by atoms with E-state index in [2.05, 4.69) is 20.6 Å². The first-order chi connectivity index (χ1) is 7.93. The number of hydrogen-bond donors (Lipinski definition) is 1. The molecule has 0 saturated carbocycles. The topological polar surface area (TPSA) is 28.2 Å². The number of thiazole rings is 1. The van der Waals surface area contributed by atoms with Gasteiger partial charge >= 0.3 is 0 Å². The fourth-order valence-corrected chi connectivity index (χ4v) is 3.68. The normalized spacial score (nSPS) is 30.9. The third-order valence-corrected chi connectivity index (χ3v) is 4.65. The lowest BCUT2D eigenvalue weighted by Gasteiger charge is -2.35. The van der Waals surface area contributed by atoms with E-state index in [1.807, 2.05) is 6.20 Å². The molecule has 88 valence electrons. The van der Waals surface area contributed by atoms with Crippen LogP contribution >= 0.6 is 11.3 Å². The summed E-state index contributed by atoms with van der Waals surface area (Å²) in [5.74, 6) is 0.833. The van der Waals surface area contributed by atoms with E-state index in [0.29, 0.717) is 0 Å². The first kappa shape index (κ1) is 10.5. The van der Waals surface area contributed by atoms with E-state index in [4.69, 9.17) is 0 Å². The number of anilines is 1. The van der Waals surface area contributed by atoms with Gasteiger partial charge in [-0.1, -0.05) is 0 Å². The zero-order valence-electron chi connectivity index (χ0n) is 9.56. The molecule has 1 aromatic rings. The summed E-state index contributed by atoms with van der Waals surface area (Å²) < 4.78 is 0. The summed E-state index contributed by atoms with van der Waals surface area (Å²) in [5.41, 5.74) is 0. The van der Waals surface area contributed by atoms with Crippen molar-refractivity contribution in [2.45, 2.75) is 31.7 Å². The highest BCUT2D eigenvalue weighted by molar-refractivity contribution is 7.13. The molecule has 0 bridgehead atoms. The summed E-state index contributed by atoms with van der Waals surface area (Å²) >= 11 is 1.77. The van der Waals surface area contributed by atoms with Crippen molar-refractivity contribution in [2.75, 3.05) is 24.5 Å². The molecular weight excluding hydrogens is 218 g/mol. The Balaban J connectivity index is 1.65. The van der Waals surface area contributed by atoms with Crippen molar-refractivity contribution in [3.05, 3.63) is 11.6 Å². The highest BCUT2D eigenvalue weighted by Gasteiger charge is 2.29. The Hall–Kier alpha value is -0.610. The minimum absolute atomic E-state index is 0.766. The quantitative estimate of drug-likeness (QED) is 0.854. The van der Waals surface area contributed by atoms with Gasteiger partial charge in [0.05, 0.1) is 0 Å². The molecule has 0 amide bonds. The second-order valence-corrected chi connectivity index (χ2v) is 5.74. The van der Waals surface area contributed by atoms with Crippen molar-refractivity contribution in [1.82, 2.24) is 10.3 Å². The first-order valence-electron chi connectivity index (χ1n) is 6.31. The number of hydrogen-bond acceptors (Lipinski definition) is 4. The van der Waals surface area contributed by atoms with Crippen LogP contribution in [0, 0.1) is 5.92 Å². The molecule has 16 heavy (non-hydrogen) atoms. The smallest absolute Gasteiger partial charge is 0.185 e. The minimum Gasteiger partial charge on any atom is -0.348 e. The summed E-state index contributed by atoms with van der Waals surface area (Å²) in [4.78, 5) is 6.90. The van der Waals surface area contributed by atoms with Crippen molar-refractivity contribution in [2.24, 2.45) is 5.92 Å². The Morgan fingerprint density at radius 1 is 1.38 bits per heavy atom. The van der Waals surface area contributed by atoms with E-state index in [9.17, 15) is 0 Å². The lowest BCUT2D eigenvalue weighted by molar-refractivity contribution is 0.328. The SMILES string of the molecule is c1csc(N2CCCC(C3CCCN3)C2)n1. The van der Waals surface area contributed by atoms with Crippen LogP contribution in [-0.4, -0.2) is 30.7 Å². The molecule has 4 heteroatoms. The molecule has 0 aliphatic carbocycles. The van der Waals surface area contributed by atoms with Gasteiger partial charge in [0.25, 0.3) is 0 Å². The van der Waals surface area contributed by atoms with Gasteiger partial charge in [0, 0.05) is 30.7 Å². The van der Waals surface area contributed by atoms with Crippen LogP contribution in [0.25, 0.3) is 0 Å². The molecular formula is C12H19N3S. The predicted octanol–water partition coefficient (Wildman–Crippen LogP) is 2.11. The third kappa shape index (κ3) is 2.09. The first-order valence-corrected chi connectivity index (χ1v) is 7.19. The second kappa shape index (κ2) is 4.72. The van der Waals surface area contributed by atoms with Gasteiger partial charge in [-0.3, -0.25) is 0 Å². The fourth-order valence-electron chi connectivity index (χ4n) is 3.00. The summed E-state index contributed by atoms with van der Waals surface area (Å²) in [6, 6.07) is 0.766. The maximum atomic E-state index is 4.43. The van der Waals surface area contributed by atoms with Gasteiger partial charge in [-0.2, -0.15) is 0 Å². The largest absolute Gasteiger partial charge is 0.348 e. The molecule has 0 spiro atoms. The van der Waals surface area contributed by atoms with Crippen molar-refractivity contribution in [3.8, 4) is 0 Å². The Labute approximate surface area is 101 Å². The van der Waals surface area contributed by atoms with E-state index in [1.54, 1.807) is 11.3 Å². The van der Waals surface area contributed by atoms with Crippen molar-refractivity contribution >= 4 is 16.5 Å². The molecule has 0 radical (unpaired) electrons. The Morgan fingerprint density at radius 2 is 2.38 bits per heavy atom. The zero-order chi connectivity index (χ0) is 10.8. The van der Waals surface area contributed by atoms with Gasteiger partial charge in [-0.05, 0) is 38.1 Å². The van der Waals surface area contributed by atoms with E-state index in [0.717, 1.165) is 12.0 Å². The zero-order valence-corrected chi connectivity index (χ0v) is 10.4. The average Bonchev–Trinajstić information content (AvgIpc) is 3.03. The van der Waals surface area contributed by atoms with Crippen molar-refractivity contribution in [3.63, 3.8) is 0 Å². The molecule has 3 nitrogen and oxygen atoms in total. The maximum Gasteiger partial charge on any atom is 0.185 e. The van der Waals surface area contributed by atoms with Crippen molar-refractivity contribution < 1.29 is 0 Å². The predicted molar refractivity (Wildman–Crippen MR) is 68.1 cm³/mol. The number of piperidine rings is 1. The van der Waals surface area contributed by atoms with Crippen LogP contribution in [0.3, 0.4) is 0 Å². The van der Waals surface area contributed by atoms with Crippen LogP contribution in [-0.2, 0) is 0 Å². The lowest BCUT2D eigenvalue weighted by Crippen LogP contribution is -2.43. The molecule has 2 unspecified atom stereocenters. The number of aromatic nitrogens is 1. The Morgan fingerprint density at radius 3 is 3.12 bits per heavy atom. The molecule has 0 aromatic carbocycles. The molecule has 3 heterocycles. The molecule has 3 rings (SSSR count). The fraction of sp³-hybridized carbons (Fsp3) is 0.750. The van der Waals surface area contributed by atoms with Gasteiger partial charge in [-0.25, -0.2) is 4.98 Å². The molecule has 2 fully saturated rings. The maximum absolute atomic E-state index is 4.43. The molecule has 2 aliphatic rings. The number of nitrogens with one attached hydrogen (secondary N) is 1. The molecule has 2 saturated heterocycles. The summed E-state index contributed by atoms with van der Waals surface area (Å²) in [7, 11) is 0. The van der Waals surface area contributed by atoms with Crippen LogP contribution in [0.15, 0.2) is 11.6 Å². The highest BCUT2D eigenvalue weighted by Crippen LogP contribution is 2.28. The van der Waals surface area contributed by atoms with Crippen LogP contribution in [0.1, 0.15) is 25.7 Å². The lowest BCUT2D eigenvalue weighted by atomic mass is 9.90. The van der Waals surface area contributed by atoms with Crippen LogP contribution in [0.2, 0.25) is 0 Å². The van der Waals surface area contributed by atoms with Gasteiger partial charge in [0.2, 0.25) is 0 Å². The van der Waals surface area contributed by atoms with Gasteiger partial charge in [0.15, 0.2) is 5.13 Å².